The smallest absolute Gasteiger partial charge is 0.335 e. The molecule has 1 aliphatic carbocycles. The van der Waals surface area contributed by atoms with Gasteiger partial charge in [-0.2, -0.15) is 5.10 Å². The Morgan fingerprint density at radius 1 is 1.30 bits per heavy atom. The molecular weight excluding hydrogens is 428 g/mol. The zero-order valence-corrected chi connectivity index (χ0v) is 18.7. The van der Waals surface area contributed by atoms with Crippen molar-refractivity contribution in [1.29, 1.82) is 0 Å². The van der Waals surface area contributed by atoms with Gasteiger partial charge in [0.1, 0.15) is 11.3 Å². The van der Waals surface area contributed by atoms with Crippen molar-refractivity contribution >= 4 is 27.8 Å². The number of fused-ring (bicyclic) bond motifs is 2. The average molecular weight is 453 g/mol. The minimum Gasteiger partial charge on any atom is -0.479 e. The highest BCUT2D eigenvalue weighted by Crippen LogP contribution is 2.50. The minimum absolute atomic E-state index is 0.00399. The Bertz CT molecular complexity index is 1370. The van der Waals surface area contributed by atoms with Crippen LogP contribution in [0.15, 0.2) is 36.5 Å². The first-order valence-corrected chi connectivity index (χ1v) is 11.0. The van der Waals surface area contributed by atoms with E-state index in [0.29, 0.717) is 40.3 Å². The molecule has 33 heavy (non-hydrogen) atoms. The normalized spacial score (nSPS) is 21.0. The lowest BCUT2D eigenvalue weighted by Crippen LogP contribution is -2.37. The number of carboxylic acids is 1. The Morgan fingerprint density at radius 3 is 2.64 bits per heavy atom. The third kappa shape index (κ3) is 3.15. The molecule has 6 nitrogen and oxygen atoms in total. The van der Waals surface area contributed by atoms with E-state index in [1.54, 1.807) is 18.3 Å². The summed E-state index contributed by atoms with van der Waals surface area (Å²) in [5.74, 6) is -1.99. The van der Waals surface area contributed by atoms with Crippen LogP contribution in [0.1, 0.15) is 56.2 Å². The fourth-order valence-electron chi connectivity index (χ4n) is 5.42. The second-order valence-electron chi connectivity index (χ2n) is 9.13. The predicted octanol–water partition coefficient (Wildman–Crippen LogP) is 5.65. The molecule has 172 valence electrons. The van der Waals surface area contributed by atoms with Crippen molar-refractivity contribution in [3.8, 4) is 5.69 Å². The molecule has 2 atom stereocenters. The number of benzene rings is 2. The molecule has 1 aliphatic rings. The number of aromatic nitrogens is 3. The van der Waals surface area contributed by atoms with Crippen LogP contribution < -0.4 is 0 Å². The molecule has 0 saturated heterocycles. The Kier molecular flexibility index (Phi) is 5.01. The van der Waals surface area contributed by atoms with Crippen molar-refractivity contribution in [2.75, 3.05) is 7.11 Å². The van der Waals surface area contributed by atoms with E-state index in [9.17, 15) is 14.3 Å². The molecule has 1 fully saturated rings. The first-order chi connectivity index (χ1) is 15.8. The standard InChI is InChI=1S/C25H25F2N3O3/c1-13(2)23-19(14-8-9-25(11-14,33-3)24(31)32)20-18(10-15-12-28-29-22(15)21(20)27)30(23)17-6-4-16(26)5-7-17/h4-7,10,12-14H,8-9,11H2,1-3H3,(H,28,29)(H,31,32)/t14-,25+/m1/s1. The summed E-state index contributed by atoms with van der Waals surface area (Å²) >= 11 is 0. The van der Waals surface area contributed by atoms with Gasteiger partial charge >= 0.3 is 5.97 Å². The second-order valence-corrected chi connectivity index (χ2v) is 9.13. The average Bonchev–Trinajstić information content (AvgIpc) is 3.50. The van der Waals surface area contributed by atoms with Crippen molar-refractivity contribution in [3.63, 3.8) is 0 Å². The van der Waals surface area contributed by atoms with Crippen LogP contribution in [0.2, 0.25) is 0 Å². The lowest BCUT2D eigenvalue weighted by Gasteiger charge is -2.23. The Balaban J connectivity index is 1.86. The molecule has 2 heterocycles. The quantitative estimate of drug-likeness (QED) is 0.410. The summed E-state index contributed by atoms with van der Waals surface area (Å²) in [6, 6.07) is 7.99. The molecule has 2 aromatic carbocycles. The molecule has 0 radical (unpaired) electrons. The van der Waals surface area contributed by atoms with Crippen molar-refractivity contribution in [2.45, 2.75) is 50.5 Å². The fourth-order valence-corrected chi connectivity index (χ4v) is 5.42. The maximum Gasteiger partial charge on any atom is 0.335 e. The number of hydrogen-bond acceptors (Lipinski definition) is 3. The number of aromatic amines is 1. The van der Waals surface area contributed by atoms with Crippen LogP contribution in [0.3, 0.4) is 0 Å². The van der Waals surface area contributed by atoms with Crippen molar-refractivity contribution in [1.82, 2.24) is 14.8 Å². The number of rotatable bonds is 5. The summed E-state index contributed by atoms with van der Waals surface area (Å²) in [6.45, 7) is 4.05. The lowest BCUT2D eigenvalue weighted by molar-refractivity contribution is -0.161. The Hall–Kier alpha value is -3.26. The highest BCUT2D eigenvalue weighted by Gasteiger charge is 2.48. The lowest BCUT2D eigenvalue weighted by atomic mass is 9.89. The number of nitrogens with one attached hydrogen (secondary N) is 1. The van der Waals surface area contributed by atoms with Crippen LogP contribution in [0, 0.1) is 11.6 Å². The molecule has 0 aliphatic heterocycles. The van der Waals surface area contributed by atoms with Crippen molar-refractivity contribution in [3.05, 3.63) is 59.4 Å². The van der Waals surface area contributed by atoms with E-state index in [1.807, 2.05) is 24.5 Å². The van der Waals surface area contributed by atoms with E-state index >= 15 is 4.39 Å². The topological polar surface area (TPSA) is 80.1 Å². The van der Waals surface area contributed by atoms with Gasteiger partial charge in [-0.1, -0.05) is 13.8 Å². The number of carboxylic acid groups (broad SMARTS) is 1. The van der Waals surface area contributed by atoms with Gasteiger partial charge in [-0.3, -0.25) is 5.10 Å². The van der Waals surface area contributed by atoms with Crippen LogP contribution in [0.25, 0.3) is 27.5 Å². The van der Waals surface area contributed by atoms with E-state index in [1.165, 1.54) is 19.2 Å². The van der Waals surface area contributed by atoms with Gasteiger partial charge in [-0.15, -0.1) is 0 Å². The molecule has 0 bridgehead atoms. The zero-order chi connectivity index (χ0) is 23.5. The van der Waals surface area contributed by atoms with Gasteiger partial charge in [0.05, 0.1) is 11.7 Å². The summed E-state index contributed by atoms with van der Waals surface area (Å²) in [4.78, 5) is 12.0. The summed E-state index contributed by atoms with van der Waals surface area (Å²) < 4.78 is 37.1. The van der Waals surface area contributed by atoms with E-state index in [-0.39, 0.29) is 24.1 Å². The van der Waals surface area contributed by atoms with E-state index in [0.717, 1.165) is 11.3 Å². The number of ether oxygens (including phenoxy) is 1. The fraction of sp³-hybridized carbons (Fsp3) is 0.360. The number of hydrogen-bond donors (Lipinski definition) is 2. The van der Waals surface area contributed by atoms with Gasteiger partial charge in [0.25, 0.3) is 0 Å². The molecule has 4 aromatic rings. The molecule has 0 amide bonds. The molecule has 0 spiro atoms. The highest BCUT2D eigenvalue weighted by molar-refractivity contribution is 6.00. The second kappa shape index (κ2) is 7.66. The molecular formula is C25H25F2N3O3. The predicted molar refractivity (Wildman–Crippen MR) is 121 cm³/mol. The van der Waals surface area contributed by atoms with E-state index in [2.05, 4.69) is 10.2 Å². The molecule has 8 heteroatoms. The largest absolute Gasteiger partial charge is 0.479 e. The number of carbonyl (C=O) groups is 1. The molecule has 0 unspecified atom stereocenters. The summed E-state index contributed by atoms with van der Waals surface area (Å²) in [6.07, 6.45) is 2.73. The van der Waals surface area contributed by atoms with Gasteiger partial charge in [0.15, 0.2) is 11.4 Å². The van der Waals surface area contributed by atoms with Gasteiger partial charge in [0, 0.05) is 29.3 Å². The summed E-state index contributed by atoms with van der Waals surface area (Å²) in [5.41, 5.74) is 2.06. The van der Waals surface area contributed by atoms with E-state index in [4.69, 9.17) is 4.74 Å². The first-order valence-electron chi connectivity index (χ1n) is 11.0. The molecule has 1 saturated carbocycles. The third-order valence-electron chi connectivity index (χ3n) is 6.98. The summed E-state index contributed by atoms with van der Waals surface area (Å²) in [7, 11) is 1.41. The number of aliphatic carboxylic acids is 1. The first kappa shape index (κ1) is 21.6. The minimum atomic E-state index is -1.29. The third-order valence-corrected chi connectivity index (χ3v) is 6.98. The van der Waals surface area contributed by atoms with Gasteiger partial charge in [-0.25, -0.2) is 13.6 Å². The number of methoxy groups -OCH3 is 1. The van der Waals surface area contributed by atoms with Crippen LogP contribution in [-0.4, -0.2) is 38.6 Å². The summed E-state index contributed by atoms with van der Waals surface area (Å²) in [5, 5.41) is 17.7. The van der Waals surface area contributed by atoms with Crippen LogP contribution in [0.4, 0.5) is 8.78 Å². The van der Waals surface area contributed by atoms with Gasteiger partial charge in [-0.05, 0) is 67.0 Å². The van der Waals surface area contributed by atoms with Crippen LogP contribution in [0.5, 0.6) is 0 Å². The monoisotopic (exact) mass is 453 g/mol. The van der Waals surface area contributed by atoms with E-state index < -0.39 is 17.4 Å². The SMILES string of the molecule is CO[C@@]1(C(=O)O)CC[C@@H](c2c(C(C)C)n(-c3ccc(F)cc3)c3cc4cn[nH]c4c(F)c23)C1. The van der Waals surface area contributed by atoms with Crippen molar-refractivity contribution in [2.24, 2.45) is 0 Å². The van der Waals surface area contributed by atoms with Crippen LogP contribution >= 0.6 is 0 Å². The molecule has 2 N–H and O–H groups in total. The maximum atomic E-state index is 16.0. The Labute approximate surface area is 189 Å². The number of nitrogens with zero attached hydrogens (tertiary/aromatic N) is 2. The molecule has 5 rings (SSSR count). The highest BCUT2D eigenvalue weighted by atomic mass is 19.1. The molecule has 2 aromatic heterocycles. The number of H-pyrrole nitrogens is 1. The Morgan fingerprint density at radius 2 is 2.03 bits per heavy atom. The zero-order valence-electron chi connectivity index (χ0n) is 18.7. The number of halogens is 2. The maximum absolute atomic E-state index is 16.0. The van der Waals surface area contributed by atoms with Crippen LogP contribution in [-0.2, 0) is 9.53 Å². The van der Waals surface area contributed by atoms with Crippen molar-refractivity contribution < 1.29 is 23.4 Å². The van der Waals surface area contributed by atoms with Gasteiger partial charge < -0.3 is 14.4 Å². The van der Waals surface area contributed by atoms with Gasteiger partial charge in [0.2, 0.25) is 0 Å².